The van der Waals surface area contributed by atoms with Gasteiger partial charge in [-0.05, 0) is 58.2 Å². The van der Waals surface area contributed by atoms with Crippen LogP contribution in [0, 0.1) is 0 Å². The van der Waals surface area contributed by atoms with E-state index in [1.54, 1.807) is 12.1 Å². The zero-order chi connectivity index (χ0) is 17.5. The fourth-order valence-corrected chi connectivity index (χ4v) is 2.78. The van der Waals surface area contributed by atoms with E-state index >= 15 is 0 Å². The van der Waals surface area contributed by atoms with Crippen LogP contribution in [0.15, 0.2) is 50.4 Å². The van der Waals surface area contributed by atoms with E-state index in [4.69, 9.17) is 4.74 Å². The average Bonchev–Trinajstić information content (AvgIpc) is 2.56. The lowest BCUT2D eigenvalue weighted by Gasteiger charge is -2.08. The summed E-state index contributed by atoms with van der Waals surface area (Å²) in [6, 6.07) is 10.7. The van der Waals surface area contributed by atoms with Crippen LogP contribution >= 0.6 is 31.9 Å². The molecule has 2 aromatic rings. The van der Waals surface area contributed by atoms with Crippen molar-refractivity contribution in [2.24, 2.45) is 5.10 Å². The molecule has 5 nitrogen and oxygen atoms in total. The number of halogens is 2. The van der Waals surface area contributed by atoms with Gasteiger partial charge in [-0.15, -0.1) is 0 Å². The molecule has 24 heavy (non-hydrogen) atoms. The zero-order valence-electron chi connectivity index (χ0n) is 12.9. The Labute approximate surface area is 157 Å². The van der Waals surface area contributed by atoms with Crippen LogP contribution in [0.1, 0.15) is 18.1 Å². The van der Waals surface area contributed by atoms with Crippen molar-refractivity contribution in [1.29, 1.82) is 0 Å². The smallest absolute Gasteiger partial charge is 0.277 e. The maximum absolute atomic E-state index is 11.8. The Morgan fingerprint density at radius 3 is 2.79 bits per heavy atom. The SMILES string of the molecule is CCc1ccc(OCC(=O)N/N=C/c2cc(Br)ccc2O)c(Br)c1. The van der Waals surface area contributed by atoms with Crippen LogP contribution in [-0.4, -0.2) is 23.8 Å². The van der Waals surface area contributed by atoms with Crippen molar-refractivity contribution in [1.82, 2.24) is 5.43 Å². The Morgan fingerprint density at radius 1 is 1.29 bits per heavy atom. The second-order valence-corrected chi connectivity index (χ2v) is 6.67. The Bertz CT molecular complexity index is 763. The molecule has 126 valence electrons. The van der Waals surface area contributed by atoms with Gasteiger partial charge in [-0.3, -0.25) is 4.79 Å². The number of nitrogens with zero attached hydrogens (tertiary/aromatic N) is 1. The second kappa shape index (κ2) is 8.84. The minimum Gasteiger partial charge on any atom is -0.507 e. The van der Waals surface area contributed by atoms with E-state index in [1.807, 2.05) is 18.2 Å². The predicted molar refractivity (Wildman–Crippen MR) is 101 cm³/mol. The van der Waals surface area contributed by atoms with Gasteiger partial charge in [0.2, 0.25) is 0 Å². The molecule has 0 aliphatic carbocycles. The molecule has 0 saturated heterocycles. The van der Waals surface area contributed by atoms with E-state index in [0.29, 0.717) is 11.3 Å². The van der Waals surface area contributed by atoms with Gasteiger partial charge in [0, 0.05) is 10.0 Å². The molecule has 0 spiro atoms. The molecule has 7 heteroatoms. The van der Waals surface area contributed by atoms with E-state index < -0.39 is 5.91 Å². The normalized spacial score (nSPS) is 10.8. The second-order valence-electron chi connectivity index (χ2n) is 4.90. The summed E-state index contributed by atoms with van der Waals surface area (Å²) in [4.78, 5) is 11.8. The van der Waals surface area contributed by atoms with Gasteiger partial charge < -0.3 is 9.84 Å². The molecule has 0 fully saturated rings. The number of phenols is 1. The molecule has 0 aliphatic rings. The quantitative estimate of drug-likeness (QED) is 0.510. The molecule has 0 aromatic heterocycles. The van der Waals surface area contributed by atoms with Crippen molar-refractivity contribution in [2.45, 2.75) is 13.3 Å². The minimum atomic E-state index is -0.396. The third-order valence-electron chi connectivity index (χ3n) is 3.15. The van der Waals surface area contributed by atoms with Crippen LogP contribution in [0.4, 0.5) is 0 Å². The van der Waals surface area contributed by atoms with Gasteiger partial charge in [-0.1, -0.05) is 28.9 Å². The third kappa shape index (κ3) is 5.35. The molecule has 2 rings (SSSR count). The number of hydrogen-bond acceptors (Lipinski definition) is 4. The molecule has 1 amide bonds. The number of rotatable bonds is 6. The van der Waals surface area contributed by atoms with E-state index in [1.165, 1.54) is 17.8 Å². The fourth-order valence-electron chi connectivity index (χ4n) is 1.86. The molecular formula is C17H16Br2N2O3. The molecule has 0 atom stereocenters. The summed E-state index contributed by atoms with van der Waals surface area (Å²) in [7, 11) is 0. The summed E-state index contributed by atoms with van der Waals surface area (Å²) in [5, 5.41) is 13.5. The van der Waals surface area contributed by atoms with Gasteiger partial charge in [0.1, 0.15) is 11.5 Å². The van der Waals surface area contributed by atoms with Gasteiger partial charge in [-0.25, -0.2) is 5.43 Å². The monoisotopic (exact) mass is 454 g/mol. The number of aryl methyl sites for hydroxylation is 1. The molecule has 2 N–H and O–H groups in total. The standard InChI is InChI=1S/C17H16Br2N2O3/c1-2-11-3-6-16(14(19)7-11)24-10-17(23)21-20-9-12-8-13(18)4-5-15(12)22/h3-9,22H,2,10H2,1H3,(H,21,23)/b20-9+. The van der Waals surface area contributed by atoms with Crippen molar-refractivity contribution in [2.75, 3.05) is 6.61 Å². The van der Waals surface area contributed by atoms with Gasteiger partial charge in [0.25, 0.3) is 5.91 Å². The third-order valence-corrected chi connectivity index (χ3v) is 4.26. The highest BCUT2D eigenvalue weighted by molar-refractivity contribution is 9.10. The van der Waals surface area contributed by atoms with Crippen molar-refractivity contribution in [3.63, 3.8) is 0 Å². The summed E-state index contributed by atoms with van der Waals surface area (Å²) in [6.07, 6.45) is 2.29. The Hall–Kier alpha value is -1.86. The number of carbonyl (C=O) groups is 1. The topological polar surface area (TPSA) is 70.9 Å². The van der Waals surface area contributed by atoms with Crippen molar-refractivity contribution >= 4 is 44.0 Å². The number of aromatic hydroxyl groups is 1. The van der Waals surface area contributed by atoms with Gasteiger partial charge in [0.05, 0.1) is 10.7 Å². The van der Waals surface area contributed by atoms with Crippen LogP contribution in [0.2, 0.25) is 0 Å². The highest BCUT2D eigenvalue weighted by atomic mass is 79.9. The minimum absolute atomic E-state index is 0.0763. The Balaban J connectivity index is 1.87. The molecule has 0 saturated carbocycles. The number of nitrogens with one attached hydrogen (secondary N) is 1. The molecule has 2 aromatic carbocycles. The summed E-state index contributed by atoms with van der Waals surface area (Å²) < 4.78 is 7.06. The fraction of sp³-hybridized carbons (Fsp3) is 0.176. The first-order valence-corrected chi connectivity index (χ1v) is 8.80. The summed E-state index contributed by atoms with van der Waals surface area (Å²) in [5.41, 5.74) is 4.02. The van der Waals surface area contributed by atoms with E-state index in [2.05, 4.69) is 49.3 Å². The van der Waals surface area contributed by atoms with Crippen LogP contribution in [0.25, 0.3) is 0 Å². The first-order valence-electron chi connectivity index (χ1n) is 7.21. The Kier molecular flexibility index (Phi) is 6.81. The lowest BCUT2D eigenvalue weighted by molar-refractivity contribution is -0.123. The lowest BCUT2D eigenvalue weighted by atomic mass is 10.2. The predicted octanol–water partition coefficient (Wildman–Crippen LogP) is 4.01. The molecular weight excluding hydrogens is 440 g/mol. The zero-order valence-corrected chi connectivity index (χ0v) is 16.1. The first-order chi connectivity index (χ1) is 11.5. The molecule has 0 bridgehead atoms. The number of hydrogen-bond donors (Lipinski definition) is 2. The van der Waals surface area contributed by atoms with Crippen molar-refractivity contribution < 1.29 is 14.6 Å². The highest BCUT2D eigenvalue weighted by Gasteiger charge is 2.06. The number of phenolic OH excluding ortho intramolecular Hbond substituents is 1. The molecule has 0 radical (unpaired) electrons. The number of ether oxygens (including phenoxy) is 1. The summed E-state index contributed by atoms with van der Waals surface area (Å²) in [6.45, 7) is 1.91. The van der Waals surface area contributed by atoms with E-state index in [-0.39, 0.29) is 12.4 Å². The molecule has 0 unspecified atom stereocenters. The van der Waals surface area contributed by atoms with Gasteiger partial charge in [-0.2, -0.15) is 5.10 Å². The number of hydrazone groups is 1. The summed E-state index contributed by atoms with van der Waals surface area (Å²) in [5.74, 6) is 0.274. The van der Waals surface area contributed by atoms with Crippen LogP contribution in [0.5, 0.6) is 11.5 Å². The van der Waals surface area contributed by atoms with Crippen molar-refractivity contribution in [3.05, 3.63) is 56.5 Å². The number of carbonyl (C=O) groups excluding carboxylic acids is 1. The molecule has 0 aliphatic heterocycles. The summed E-state index contributed by atoms with van der Waals surface area (Å²) >= 11 is 6.72. The van der Waals surface area contributed by atoms with Gasteiger partial charge in [0.15, 0.2) is 6.61 Å². The van der Waals surface area contributed by atoms with E-state index in [9.17, 15) is 9.90 Å². The maximum atomic E-state index is 11.8. The highest BCUT2D eigenvalue weighted by Crippen LogP contribution is 2.26. The Morgan fingerprint density at radius 2 is 2.08 bits per heavy atom. The van der Waals surface area contributed by atoms with E-state index in [0.717, 1.165) is 15.4 Å². The first kappa shape index (κ1) is 18.5. The van der Waals surface area contributed by atoms with Crippen LogP contribution in [-0.2, 0) is 11.2 Å². The van der Waals surface area contributed by atoms with Crippen molar-refractivity contribution in [3.8, 4) is 11.5 Å². The lowest BCUT2D eigenvalue weighted by Crippen LogP contribution is -2.24. The van der Waals surface area contributed by atoms with Crippen LogP contribution < -0.4 is 10.2 Å². The maximum Gasteiger partial charge on any atom is 0.277 e. The van der Waals surface area contributed by atoms with Gasteiger partial charge >= 0.3 is 0 Å². The number of benzene rings is 2. The largest absolute Gasteiger partial charge is 0.507 e. The number of amides is 1. The molecule has 0 heterocycles. The average molecular weight is 456 g/mol. The van der Waals surface area contributed by atoms with Crippen LogP contribution in [0.3, 0.4) is 0 Å².